The molecular weight excluding hydrogens is 190 g/mol. The van der Waals surface area contributed by atoms with Gasteiger partial charge in [0, 0.05) is 17.6 Å². The van der Waals surface area contributed by atoms with Crippen molar-refractivity contribution in [2.75, 3.05) is 13.7 Å². The van der Waals surface area contributed by atoms with Crippen LogP contribution in [0, 0.1) is 0 Å². The van der Waals surface area contributed by atoms with Crippen LogP contribution < -0.4 is 4.74 Å². The van der Waals surface area contributed by atoms with Crippen LogP contribution in [0.1, 0.15) is 5.69 Å². The van der Waals surface area contributed by atoms with Crippen molar-refractivity contribution < 1.29 is 9.47 Å². The van der Waals surface area contributed by atoms with E-state index in [1.54, 1.807) is 7.11 Å². The molecule has 0 unspecified atom stereocenters. The molecule has 2 heterocycles. The van der Waals surface area contributed by atoms with Crippen molar-refractivity contribution in [1.29, 1.82) is 0 Å². The predicted octanol–water partition coefficient (Wildman–Crippen LogP) is 2.18. The lowest BCUT2D eigenvalue weighted by molar-refractivity contribution is 0.0863. The summed E-state index contributed by atoms with van der Waals surface area (Å²) < 4.78 is 13.1. The zero-order chi connectivity index (χ0) is 10.3. The van der Waals surface area contributed by atoms with Crippen molar-refractivity contribution in [1.82, 2.24) is 4.57 Å². The van der Waals surface area contributed by atoms with Crippen molar-refractivity contribution in [2.45, 2.75) is 13.2 Å². The van der Waals surface area contributed by atoms with Gasteiger partial charge in [-0.15, -0.1) is 0 Å². The van der Waals surface area contributed by atoms with E-state index in [-0.39, 0.29) is 0 Å². The first kappa shape index (κ1) is 8.80. The van der Waals surface area contributed by atoms with Gasteiger partial charge in [0.15, 0.2) is 0 Å². The van der Waals surface area contributed by atoms with Crippen molar-refractivity contribution in [3.63, 3.8) is 0 Å². The van der Waals surface area contributed by atoms with Crippen LogP contribution in [0.3, 0.4) is 0 Å². The number of benzene rings is 1. The number of ether oxygens (including phenoxy) is 2. The van der Waals surface area contributed by atoms with E-state index in [1.165, 1.54) is 16.6 Å². The highest BCUT2D eigenvalue weighted by molar-refractivity contribution is 5.87. The van der Waals surface area contributed by atoms with E-state index in [4.69, 9.17) is 9.47 Å². The zero-order valence-corrected chi connectivity index (χ0v) is 8.69. The number of para-hydroxylation sites is 1. The highest BCUT2D eigenvalue weighted by Gasteiger charge is 2.15. The van der Waals surface area contributed by atoms with Crippen LogP contribution in [-0.4, -0.2) is 18.3 Å². The van der Waals surface area contributed by atoms with Gasteiger partial charge in [-0.2, -0.15) is 0 Å². The van der Waals surface area contributed by atoms with Crippen molar-refractivity contribution >= 4 is 10.9 Å². The minimum atomic E-state index is 0.706. The molecule has 0 amide bonds. The molecule has 0 atom stereocenters. The Hall–Kier alpha value is -1.48. The summed E-state index contributed by atoms with van der Waals surface area (Å²) in [4.78, 5) is 0. The minimum Gasteiger partial charge on any atom is -0.495 e. The maximum atomic E-state index is 5.44. The molecule has 0 radical (unpaired) electrons. The van der Waals surface area contributed by atoms with Crippen LogP contribution >= 0.6 is 0 Å². The molecule has 0 N–H and O–H groups in total. The summed E-state index contributed by atoms with van der Waals surface area (Å²) in [6, 6.07) is 8.32. The van der Waals surface area contributed by atoms with E-state index in [0.717, 1.165) is 18.9 Å². The average Bonchev–Trinajstić information content (AvgIpc) is 2.67. The molecule has 1 aromatic carbocycles. The molecule has 3 heteroatoms. The van der Waals surface area contributed by atoms with Gasteiger partial charge in [-0.05, 0) is 12.1 Å². The van der Waals surface area contributed by atoms with Crippen molar-refractivity contribution in [2.24, 2.45) is 0 Å². The Kier molecular flexibility index (Phi) is 1.92. The molecule has 0 saturated heterocycles. The minimum absolute atomic E-state index is 0.706. The molecule has 1 aliphatic rings. The Morgan fingerprint density at radius 2 is 2.33 bits per heavy atom. The fourth-order valence-electron chi connectivity index (χ4n) is 2.22. The molecule has 0 aliphatic carbocycles. The second kappa shape index (κ2) is 3.28. The number of rotatable bonds is 1. The monoisotopic (exact) mass is 203 g/mol. The third kappa shape index (κ3) is 1.23. The van der Waals surface area contributed by atoms with E-state index in [9.17, 15) is 0 Å². The second-order valence-corrected chi connectivity index (χ2v) is 3.74. The van der Waals surface area contributed by atoms with Crippen LogP contribution in [0.25, 0.3) is 10.9 Å². The van der Waals surface area contributed by atoms with E-state index in [2.05, 4.69) is 16.7 Å². The zero-order valence-electron chi connectivity index (χ0n) is 8.69. The van der Waals surface area contributed by atoms with Gasteiger partial charge in [0.2, 0.25) is 0 Å². The number of hydrogen-bond donors (Lipinski definition) is 0. The fourth-order valence-corrected chi connectivity index (χ4v) is 2.22. The molecular formula is C12H13NO2. The van der Waals surface area contributed by atoms with Crippen LogP contribution in [0.5, 0.6) is 5.75 Å². The lowest BCUT2D eigenvalue weighted by atomic mass is 10.2. The lowest BCUT2D eigenvalue weighted by Crippen LogP contribution is -2.15. The van der Waals surface area contributed by atoms with Crippen molar-refractivity contribution in [3.05, 3.63) is 30.0 Å². The first-order valence-electron chi connectivity index (χ1n) is 5.13. The number of aromatic nitrogens is 1. The standard InChI is InChI=1S/C12H13NO2/c1-14-11-4-2-3-9-7-10-8-15-6-5-13(10)12(9)11/h2-4,7H,5-6,8H2,1H3. The number of methoxy groups -OCH3 is 1. The summed E-state index contributed by atoms with van der Waals surface area (Å²) in [7, 11) is 1.72. The summed E-state index contributed by atoms with van der Waals surface area (Å²) in [5.41, 5.74) is 2.43. The Morgan fingerprint density at radius 1 is 1.40 bits per heavy atom. The molecule has 0 saturated carbocycles. The summed E-state index contributed by atoms with van der Waals surface area (Å²) in [5.74, 6) is 0.945. The van der Waals surface area contributed by atoms with Crippen LogP contribution in [-0.2, 0) is 17.9 Å². The summed E-state index contributed by atoms with van der Waals surface area (Å²) in [5, 5.41) is 1.23. The smallest absolute Gasteiger partial charge is 0.143 e. The fraction of sp³-hybridized carbons (Fsp3) is 0.333. The molecule has 0 fully saturated rings. The third-order valence-electron chi connectivity index (χ3n) is 2.90. The average molecular weight is 203 g/mol. The van der Waals surface area contributed by atoms with Crippen molar-refractivity contribution in [3.8, 4) is 5.75 Å². The summed E-state index contributed by atoms with van der Waals surface area (Å²) >= 11 is 0. The Bertz CT molecular complexity index is 502. The predicted molar refractivity (Wildman–Crippen MR) is 58.1 cm³/mol. The topological polar surface area (TPSA) is 23.4 Å². The SMILES string of the molecule is COc1cccc2cc3n(c12)CCOC3. The molecule has 0 bridgehead atoms. The van der Waals surface area contributed by atoms with Gasteiger partial charge < -0.3 is 14.0 Å². The Labute approximate surface area is 88.2 Å². The third-order valence-corrected chi connectivity index (χ3v) is 2.90. The number of hydrogen-bond acceptors (Lipinski definition) is 2. The van der Waals surface area contributed by atoms with Gasteiger partial charge in [-0.1, -0.05) is 12.1 Å². The molecule has 0 spiro atoms. The van der Waals surface area contributed by atoms with E-state index < -0.39 is 0 Å². The first-order valence-corrected chi connectivity index (χ1v) is 5.13. The quantitative estimate of drug-likeness (QED) is 0.709. The molecule has 15 heavy (non-hydrogen) atoms. The van der Waals surface area contributed by atoms with Gasteiger partial charge in [0.05, 0.1) is 25.8 Å². The van der Waals surface area contributed by atoms with Crippen LogP contribution in [0.15, 0.2) is 24.3 Å². The lowest BCUT2D eigenvalue weighted by Gasteiger charge is -2.17. The van der Waals surface area contributed by atoms with Crippen LogP contribution in [0.2, 0.25) is 0 Å². The normalized spacial score (nSPS) is 15.3. The van der Waals surface area contributed by atoms with Crippen LogP contribution in [0.4, 0.5) is 0 Å². The molecule has 1 aliphatic heterocycles. The number of nitrogens with zero attached hydrogens (tertiary/aromatic N) is 1. The molecule has 3 rings (SSSR count). The van der Waals surface area contributed by atoms with E-state index >= 15 is 0 Å². The Morgan fingerprint density at radius 3 is 3.20 bits per heavy atom. The summed E-state index contributed by atoms with van der Waals surface area (Å²) in [6.07, 6.45) is 0. The van der Waals surface area contributed by atoms with Gasteiger partial charge in [-0.25, -0.2) is 0 Å². The molecule has 78 valence electrons. The maximum Gasteiger partial charge on any atom is 0.143 e. The molecule has 3 nitrogen and oxygen atoms in total. The number of fused-ring (bicyclic) bond motifs is 3. The largest absolute Gasteiger partial charge is 0.495 e. The Balaban J connectivity index is 2.33. The first-order chi connectivity index (χ1) is 7.40. The van der Waals surface area contributed by atoms with E-state index in [0.29, 0.717) is 6.61 Å². The highest BCUT2D eigenvalue weighted by Crippen LogP contribution is 2.30. The van der Waals surface area contributed by atoms with Gasteiger partial charge in [0.1, 0.15) is 5.75 Å². The van der Waals surface area contributed by atoms with Gasteiger partial charge >= 0.3 is 0 Å². The summed E-state index contributed by atoms with van der Waals surface area (Å²) in [6.45, 7) is 2.41. The van der Waals surface area contributed by atoms with Gasteiger partial charge in [-0.3, -0.25) is 0 Å². The highest BCUT2D eigenvalue weighted by atomic mass is 16.5. The van der Waals surface area contributed by atoms with E-state index in [1.807, 2.05) is 12.1 Å². The second-order valence-electron chi connectivity index (χ2n) is 3.74. The molecule has 2 aromatic rings. The molecule has 1 aromatic heterocycles. The van der Waals surface area contributed by atoms with Gasteiger partial charge in [0.25, 0.3) is 0 Å². The maximum absolute atomic E-state index is 5.44.